The third-order valence-corrected chi connectivity index (χ3v) is 3.47. The Morgan fingerprint density at radius 2 is 2.20 bits per heavy atom. The Balaban J connectivity index is 4.29. The maximum atomic E-state index is 11.5. The Bertz CT molecular complexity index is 228. The van der Waals surface area contributed by atoms with Crippen LogP contribution in [0.15, 0.2) is 0 Å². The number of carbonyl (C=O) groups is 2. The minimum Gasteiger partial charge on any atom is -0.481 e. The van der Waals surface area contributed by atoms with Gasteiger partial charge in [-0.15, -0.1) is 11.8 Å². The standard InChI is InChI=1S/C8H15BNO3S2/c1-3-5(2)15-6(4-7(11)12)8(13)10-9-14/h5-6,14H,3-4H2,1-2H3,(H,10,13)(H,11,12). The lowest BCUT2D eigenvalue weighted by Gasteiger charge is -2.17. The zero-order valence-electron chi connectivity index (χ0n) is 8.77. The number of carboxylic acids is 1. The van der Waals surface area contributed by atoms with E-state index in [1.807, 2.05) is 13.8 Å². The summed E-state index contributed by atoms with van der Waals surface area (Å²) in [7, 11) is 0. The molecule has 7 heteroatoms. The summed E-state index contributed by atoms with van der Waals surface area (Å²) >= 11 is 5.12. The van der Waals surface area contributed by atoms with E-state index >= 15 is 0 Å². The summed E-state index contributed by atoms with van der Waals surface area (Å²) in [6.07, 6.45) is 0.737. The van der Waals surface area contributed by atoms with Crippen LogP contribution in [0.5, 0.6) is 0 Å². The summed E-state index contributed by atoms with van der Waals surface area (Å²) in [5.41, 5.74) is 0. The summed E-state index contributed by atoms with van der Waals surface area (Å²) in [4.78, 5) is 22.0. The van der Waals surface area contributed by atoms with Crippen LogP contribution in [0.2, 0.25) is 0 Å². The van der Waals surface area contributed by atoms with Crippen molar-refractivity contribution in [3.05, 3.63) is 0 Å². The van der Waals surface area contributed by atoms with Gasteiger partial charge in [-0.25, -0.2) is 12.5 Å². The first-order valence-electron chi connectivity index (χ1n) is 4.64. The fraction of sp³-hybridized carbons (Fsp3) is 0.750. The van der Waals surface area contributed by atoms with E-state index in [9.17, 15) is 9.59 Å². The first-order valence-corrected chi connectivity index (χ1v) is 6.10. The molecule has 0 aliphatic rings. The quantitative estimate of drug-likeness (QED) is 0.463. The molecular weight excluding hydrogens is 233 g/mol. The van der Waals surface area contributed by atoms with Gasteiger partial charge in [-0.2, -0.15) is 0 Å². The van der Waals surface area contributed by atoms with Crippen molar-refractivity contribution in [1.82, 2.24) is 5.23 Å². The Labute approximate surface area is 100 Å². The number of hydrogen-bond donors (Lipinski definition) is 3. The monoisotopic (exact) mass is 248 g/mol. The van der Waals surface area contributed by atoms with Crippen LogP contribution >= 0.6 is 24.2 Å². The zero-order chi connectivity index (χ0) is 11.8. The molecule has 0 bridgehead atoms. The fourth-order valence-electron chi connectivity index (χ4n) is 0.894. The predicted molar refractivity (Wildman–Crippen MR) is 66.3 cm³/mol. The average Bonchev–Trinajstić information content (AvgIpc) is 2.16. The highest BCUT2D eigenvalue weighted by Crippen LogP contribution is 2.22. The van der Waals surface area contributed by atoms with Gasteiger partial charge < -0.3 is 10.3 Å². The SMILES string of the molecule is CCC(C)SC(CC(=O)O)C(=O)N[B]S. The minimum atomic E-state index is -0.967. The Kier molecular flexibility index (Phi) is 7.77. The Morgan fingerprint density at radius 3 is 2.60 bits per heavy atom. The van der Waals surface area contributed by atoms with E-state index < -0.39 is 11.2 Å². The van der Waals surface area contributed by atoms with E-state index in [0.29, 0.717) is 0 Å². The third-order valence-electron chi connectivity index (χ3n) is 1.83. The molecule has 1 amide bonds. The highest BCUT2D eigenvalue weighted by atomic mass is 32.2. The molecule has 0 aromatic heterocycles. The smallest absolute Gasteiger partial charge is 0.322 e. The number of hydrogen-bond acceptors (Lipinski definition) is 4. The lowest BCUT2D eigenvalue weighted by molar-refractivity contribution is -0.138. The highest BCUT2D eigenvalue weighted by Gasteiger charge is 2.23. The lowest BCUT2D eigenvalue weighted by Crippen LogP contribution is -2.35. The van der Waals surface area contributed by atoms with Crippen LogP contribution in [0.4, 0.5) is 0 Å². The first kappa shape index (κ1) is 14.7. The molecule has 0 saturated carbocycles. The number of thioether (sulfide) groups is 1. The van der Waals surface area contributed by atoms with Gasteiger partial charge in [-0.05, 0) is 6.42 Å². The summed E-state index contributed by atoms with van der Waals surface area (Å²) in [6.45, 7) is 5.18. The van der Waals surface area contributed by atoms with Crippen molar-refractivity contribution in [1.29, 1.82) is 0 Å². The van der Waals surface area contributed by atoms with Crippen LogP contribution in [0.1, 0.15) is 26.7 Å². The Morgan fingerprint density at radius 1 is 1.60 bits per heavy atom. The van der Waals surface area contributed by atoms with Gasteiger partial charge in [0.15, 0.2) is 0 Å². The van der Waals surface area contributed by atoms with Crippen molar-refractivity contribution < 1.29 is 14.7 Å². The zero-order valence-corrected chi connectivity index (χ0v) is 10.5. The molecule has 0 heterocycles. The van der Waals surface area contributed by atoms with Gasteiger partial charge in [-0.1, -0.05) is 13.8 Å². The maximum absolute atomic E-state index is 11.5. The highest BCUT2D eigenvalue weighted by molar-refractivity contribution is 8.06. The van der Waals surface area contributed by atoms with Crippen molar-refractivity contribution in [3.8, 4) is 0 Å². The second kappa shape index (κ2) is 7.93. The van der Waals surface area contributed by atoms with Gasteiger partial charge in [0.1, 0.15) is 0 Å². The lowest BCUT2D eigenvalue weighted by atomic mass is 10.2. The van der Waals surface area contributed by atoms with Crippen molar-refractivity contribution in [3.63, 3.8) is 0 Å². The van der Waals surface area contributed by atoms with E-state index in [2.05, 4.69) is 17.7 Å². The molecule has 0 fully saturated rings. The molecule has 0 saturated heterocycles. The third kappa shape index (κ3) is 6.73. The number of carboxylic acid groups (broad SMARTS) is 1. The molecule has 0 aliphatic heterocycles. The average molecular weight is 248 g/mol. The molecule has 0 aliphatic carbocycles. The van der Waals surface area contributed by atoms with Gasteiger partial charge in [0.05, 0.1) is 11.7 Å². The van der Waals surface area contributed by atoms with Crippen LogP contribution in [0.25, 0.3) is 0 Å². The van der Waals surface area contributed by atoms with Gasteiger partial charge in [0, 0.05) is 5.25 Å². The van der Waals surface area contributed by atoms with Crippen LogP contribution in [0.3, 0.4) is 0 Å². The second-order valence-corrected chi connectivity index (χ2v) is 4.98. The van der Waals surface area contributed by atoms with E-state index in [4.69, 9.17) is 5.11 Å². The fourth-order valence-corrected chi connectivity index (χ4v) is 2.21. The van der Waals surface area contributed by atoms with Crippen molar-refractivity contribution >= 4 is 42.8 Å². The molecule has 1 radical (unpaired) electrons. The summed E-state index contributed by atoms with van der Waals surface area (Å²) < 4.78 is 0. The topological polar surface area (TPSA) is 66.4 Å². The van der Waals surface area contributed by atoms with E-state index in [-0.39, 0.29) is 17.6 Å². The molecular formula is C8H15BNO3S2. The number of nitrogens with one attached hydrogen (secondary N) is 1. The van der Waals surface area contributed by atoms with E-state index in [0.717, 1.165) is 6.42 Å². The van der Waals surface area contributed by atoms with Gasteiger partial charge in [0.25, 0.3) is 0 Å². The molecule has 2 N–H and O–H groups in total. The predicted octanol–water partition coefficient (Wildman–Crippen LogP) is 0.942. The molecule has 2 atom stereocenters. The summed E-state index contributed by atoms with van der Waals surface area (Å²) in [5, 5.41) is 10.8. The molecule has 0 rings (SSSR count). The molecule has 4 nitrogen and oxygen atoms in total. The molecule has 0 aromatic rings. The van der Waals surface area contributed by atoms with Crippen LogP contribution < -0.4 is 5.23 Å². The largest absolute Gasteiger partial charge is 0.481 e. The van der Waals surface area contributed by atoms with Crippen LogP contribution in [-0.4, -0.2) is 34.2 Å². The second-order valence-electron chi connectivity index (χ2n) is 3.08. The first-order chi connectivity index (χ1) is 7.01. The number of thiol groups is 1. The van der Waals surface area contributed by atoms with Crippen LogP contribution in [-0.2, 0) is 9.59 Å². The number of aliphatic carboxylic acids is 1. The van der Waals surface area contributed by atoms with Crippen molar-refractivity contribution in [2.75, 3.05) is 0 Å². The number of amides is 1. The molecule has 15 heavy (non-hydrogen) atoms. The van der Waals surface area contributed by atoms with E-state index in [1.54, 1.807) is 0 Å². The summed E-state index contributed by atoms with van der Waals surface area (Å²) in [6, 6.07) is 0. The molecule has 85 valence electrons. The van der Waals surface area contributed by atoms with Gasteiger partial charge >= 0.3 is 12.7 Å². The normalized spacial score (nSPS) is 14.1. The number of carbonyl (C=O) groups excluding carboxylic acids is 1. The minimum absolute atomic E-state index is 0.164. The molecule has 2 unspecified atom stereocenters. The molecule has 0 spiro atoms. The molecule has 0 aromatic carbocycles. The van der Waals surface area contributed by atoms with E-state index in [1.165, 1.54) is 18.5 Å². The van der Waals surface area contributed by atoms with Gasteiger partial charge in [-0.3, -0.25) is 9.59 Å². The van der Waals surface area contributed by atoms with Crippen molar-refractivity contribution in [2.45, 2.75) is 37.2 Å². The maximum Gasteiger partial charge on any atom is 0.322 e. The van der Waals surface area contributed by atoms with Crippen molar-refractivity contribution in [2.24, 2.45) is 0 Å². The summed E-state index contributed by atoms with van der Waals surface area (Å²) in [5.74, 6) is -1.28. The number of rotatable bonds is 7. The van der Waals surface area contributed by atoms with Gasteiger partial charge in [0.2, 0.25) is 5.91 Å². The Hall–Kier alpha value is -0.295. The van der Waals surface area contributed by atoms with Crippen LogP contribution in [0, 0.1) is 0 Å².